The van der Waals surface area contributed by atoms with Crippen molar-refractivity contribution in [3.63, 3.8) is 0 Å². The predicted molar refractivity (Wildman–Crippen MR) is 83.4 cm³/mol. The number of fused-ring (bicyclic) bond motifs is 3. The van der Waals surface area contributed by atoms with Crippen molar-refractivity contribution < 1.29 is 4.74 Å². The van der Waals surface area contributed by atoms with Crippen LogP contribution in [-0.4, -0.2) is 75.4 Å². The molecule has 4 heterocycles. The van der Waals surface area contributed by atoms with E-state index < -0.39 is 0 Å². The molecule has 0 amide bonds. The van der Waals surface area contributed by atoms with Gasteiger partial charge in [0.1, 0.15) is 6.61 Å². The molecular formula is C15H23N5O. The largest absolute Gasteiger partial charge is 0.487 e. The van der Waals surface area contributed by atoms with Gasteiger partial charge in [0.05, 0.1) is 17.9 Å². The van der Waals surface area contributed by atoms with Gasteiger partial charge in [-0.25, -0.2) is 4.98 Å². The van der Waals surface area contributed by atoms with E-state index in [-0.39, 0.29) is 0 Å². The second kappa shape index (κ2) is 5.35. The normalized spacial score (nSPS) is 26.0. The summed E-state index contributed by atoms with van der Waals surface area (Å²) in [5.74, 6) is 1.97. The van der Waals surface area contributed by atoms with Crippen molar-refractivity contribution in [2.45, 2.75) is 6.04 Å². The van der Waals surface area contributed by atoms with Gasteiger partial charge in [0.15, 0.2) is 11.6 Å². The number of nitrogens with zero attached hydrogens (tertiary/aromatic N) is 4. The van der Waals surface area contributed by atoms with Crippen LogP contribution in [0.15, 0.2) is 12.3 Å². The lowest BCUT2D eigenvalue weighted by atomic mass is 10.1. The number of ether oxygens (including phenoxy) is 1. The third kappa shape index (κ3) is 2.42. The first-order valence-electron chi connectivity index (χ1n) is 7.85. The monoisotopic (exact) mass is 289 g/mol. The Morgan fingerprint density at radius 1 is 1.24 bits per heavy atom. The van der Waals surface area contributed by atoms with Crippen LogP contribution in [0, 0.1) is 0 Å². The summed E-state index contributed by atoms with van der Waals surface area (Å²) in [7, 11) is 2.18. The molecule has 1 aromatic heterocycles. The topological polar surface area (TPSA) is 43.9 Å². The maximum Gasteiger partial charge on any atom is 0.171 e. The van der Waals surface area contributed by atoms with Crippen LogP contribution in [0.5, 0.6) is 5.75 Å². The van der Waals surface area contributed by atoms with Crippen LogP contribution >= 0.6 is 0 Å². The van der Waals surface area contributed by atoms with Gasteiger partial charge in [-0.1, -0.05) is 0 Å². The molecule has 0 aliphatic carbocycles. The van der Waals surface area contributed by atoms with Gasteiger partial charge in [0.2, 0.25) is 0 Å². The lowest BCUT2D eigenvalue weighted by Gasteiger charge is -2.41. The van der Waals surface area contributed by atoms with Gasteiger partial charge in [-0.3, -0.25) is 0 Å². The Bertz CT molecular complexity index is 515. The van der Waals surface area contributed by atoms with E-state index >= 15 is 0 Å². The van der Waals surface area contributed by atoms with Gasteiger partial charge in [-0.2, -0.15) is 0 Å². The molecule has 0 aromatic carbocycles. The molecular weight excluding hydrogens is 266 g/mol. The highest BCUT2D eigenvalue weighted by Gasteiger charge is 2.31. The Labute approximate surface area is 125 Å². The SMILES string of the molecule is CN1CCN(c2cnc3c(c2)OCC2CNCCN32)CC1. The molecule has 0 spiro atoms. The average Bonchev–Trinajstić information content (AvgIpc) is 2.55. The Kier molecular flexibility index (Phi) is 3.35. The Hall–Kier alpha value is -1.53. The van der Waals surface area contributed by atoms with Crippen molar-refractivity contribution in [2.75, 3.05) is 69.3 Å². The molecule has 6 nitrogen and oxygen atoms in total. The van der Waals surface area contributed by atoms with E-state index in [4.69, 9.17) is 9.72 Å². The molecule has 6 heteroatoms. The Balaban J connectivity index is 1.57. The molecule has 1 unspecified atom stereocenters. The Morgan fingerprint density at radius 2 is 2.10 bits per heavy atom. The molecule has 3 aliphatic rings. The lowest BCUT2D eigenvalue weighted by molar-refractivity contribution is 0.244. The van der Waals surface area contributed by atoms with E-state index in [9.17, 15) is 0 Å². The standard InChI is InChI=1S/C15H23N5O/c1-18-4-6-19(7-5-18)12-8-14-15(17-10-12)20-3-2-16-9-13(20)11-21-14/h8,10,13,16H,2-7,9,11H2,1H3. The summed E-state index contributed by atoms with van der Waals surface area (Å²) < 4.78 is 5.96. The van der Waals surface area contributed by atoms with Crippen LogP contribution in [0.2, 0.25) is 0 Å². The minimum atomic E-state index is 0.424. The van der Waals surface area contributed by atoms with Crippen LogP contribution in [0.1, 0.15) is 0 Å². The number of hydrogen-bond donors (Lipinski definition) is 1. The third-order valence-electron chi connectivity index (χ3n) is 4.74. The molecule has 1 atom stereocenters. The zero-order valence-corrected chi connectivity index (χ0v) is 12.6. The van der Waals surface area contributed by atoms with Crippen molar-refractivity contribution in [3.05, 3.63) is 12.3 Å². The van der Waals surface area contributed by atoms with Gasteiger partial charge >= 0.3 is 0 Å². The van der Waals surface area contributed by atoms with E-state index in [1.54, 1.807) is 0 Å². The van der Waals surface area contributed by atoms with Crippen LogP contribution in [0.3, 0.4) is 0 Å². The van der Waals surface area contributed by atoms with Gasteiger partial charge in [0.25, 0.3) is 0 Å². The highest BCUT2D eigenvalue weighted by atomic mass is 16.5. The maximum absolute atomic E-state index is 5.96. The van der Waals surface area contributed by atoms with E-state index in [2.05, 4.69) is 33.1 Å². The van der Waals surface area contributed by atoms with Crippen LogP contribution in [0.25, 0.3) is 0 Å². The number of nitrogens with one attached hydrogen (secondary N) is 1. The first kappa shape index (κ1) is 13.2. The fourth-order valence-corrected chi connectivity index (χ4v) is 3.36. The smallest absolute Gasteiger partial charge is 0.171 e. The molecule has 2 fully saturated rings. The number of pyridine rings is 1. The van der Waals surface area contributed by atoms with Crippen molar-refractivity contribution in [1.82, 2.24) is 15.2 Å². The zero-order chi connectivity index (χ0) is 14.2. The molecule has 4 rings (SSSR count). The highest BCUT2D eigenvalue weighted by molar-refractivity contribution is 5.62. The number of hydrogen-bond acceptors (Lipinski definition) is 6. The molecule has 1 aromatic rings. The minimum absolute atomic E-state index is 0.424. The first-order valence-corrected chi connectivity index (χ1v) is 7.85. The molecule has 114 valence electrons. The zero-order valence-electron chi connectivity index (χ0n) is 12.6. The summed E-state index contributed by atoms with van der Waals surface area (Å²) in [6, 6.07) is 2.60. The summed E-state index contributed by atoms with van der Waals surface area (Å²) >= 11 is 0. The first-order chi connectivity index (χ1) is 10.3. The minimum Gasteiger partial charge on any atom is -0.487 e. The molecule has 0 radical (unpaired) electrons. The van der Waals surface area contributed by atoms with Crippen molar-refractivity contribution >= 4 is 11.5 Å². The summed E-state index contributed by atoms with van der Waals surface area (Å²) in [5.41, 5.74) is 1.19. The predicted octanol–water partition coefficient (Wildman–Crippen LogP) is 0.00400. The molecule has 21 heavy (non-hydrogen) atoms. The number of piperazine rings is 2. The molecule has 0 bridgehead atoms. The summed E-state index contributed by atoms with van der Waals surface area (Å²) in [6.07, 6.45) is 2.01. The molecule has 3 aliphatic heterocycles. The van der Waals surface area contributed by atoms with Gasteiger partial charge in [-0.05, 0) is 7.05 Å². The second-order valence-corrected chi connectivity index (χ2v) is 6.17. The van der Waals surface area contributed by atoms with Crippen molar-refractivity contribution in [3.8, 4) is 5.75 Å². The number of likely N-dealkylation sites (N-methyl/N-ethyl adjacent to an activating group) is 1. The van der Waals surface area contributed by atoms with Gasteiger partial charge in [0, 0.05) is 51.9 Å². The van der Waals surface area contributed by atoms with Crippen molar-refractivity contribution in [2.24, 2.45) is 0 Å². The Morgan fingerprint density at radius 3 is 2.95 bits per heavy atom. The summed E-state index contributed by atoms with van der Waals surface area (Å²) in [6.45, 7) is 8.13. The van der Waals surface area contributed by atoms with Crippen LogP contribution in [-0.2, 0) is 0 Å². The van der Waals surface area contributed by atoms with Gasteiger partial charge < -0.3 is 24.8 Å². The van der Waals surface area contributed by atoms with E-state index in [1.165, 1.54) is 5.69 Å². The molecule has 0 saturated carbocycles. The van der Waals surface area contributed by atoms with Gasteiger partial charge in [-0.15, -0.1) is 0 Å². The average molecular weight is 289 g/mol. The highest BCUT2D eigenvalue weighted by Crippen LogP contribution is 2.35. The van der Waals surface area contributed by atoms with E-state index in [0.717, 1.165) is 64.0 Å². The van der Waals surface area contributed by atoms with E-state index in [0.29, 0.717) is 6.04 Å². The number of aromatic nitrogens is 1. The fraction of sp³-hybridized carbons (Fsp3) is 0.667. The van der Waals surface area contributed by atoms with Crippen LogP contribution < -0.4 is 19.9 Å². The fourth-order valence-electron chi connectivity index (χ4n) is 3.36. The molecule has 1 N–H and O–H groups in total. The third-order valence-corrected chi connectivity index (χ3v) is 4.74. The summed E-state index contributed by atoms with van der Waals surface area (Å²) in [5, 5.41) is 3.42. The summed E-state index contributed by atoms with van der Waals surface area (Å²) in [4.78, 5) is 11.9. The second-order valence-electron chi connectivity index (χ2n) is 6.17. The van der Waals surface area contributed by atoms with Crippen molar-refractivity contribution in [1.29, 1.82) is 0 Å². The molecule has 2 saturated heterocycles. The van der Waals surface area contributed by atoms with Crippen LogP contribution in [0.4, 0.5) is 11.5 Å². The maximum atomic E-state index is 5.96. The lowest BCUT2D eigenvalue weighted by Crippen LogP contribution is -2.56. The quantitative estimate of drug-likeness (QED) is 0.785. The van der Waals surface area contributed by atoms with E-state index in [1.807, 2.05) is 6.20 Å². The number of rotatable bonds is 1. The number of anilines is 2.